The van der Waals surface area contributed by atoms with Crippen LogP contribution in [0.2, 0.25) is 0 Å². The number of imidazole rings is 1. The second-order valence-electron chi connectivity index (χ2n) is 11.2. The van der Waals surface area contributed by atoms with Crippen molar-refractivity contribution >= 4 is 45.5 Å². The fraction of sp³-hybridized carbons (Fsp3) is 0.281. The molecule has 0 fully saturated rings. The zero-order chi connectivity index (χ0) is 32.8. The molecule has 14 heteroatoms. The number of amides is 3. The van der Waals surface area contributed by atoms with Gasteiger partial charge < -0.3 is 46.8 Å². The Morgan fingerprint density at radius 3 is 1.80 bits per heavy atom. The third-order valence-corrected chi connectivity index (χ3v) is 7.84. The van der Waals surface area contributed by atoms with Gasteiger partial charge >= 0.3 is 5.97 Å². The van der Waals surface area contributed by atoms with Crippen LogP contribution < -0.4 is 21.7 Å². The topological polar surface area (TPSA) is 231 Å². The summed E-state index contributed by atoms with van der Waals surface area (Å²) in [5.41, 5.74) is 9.91. The van der Waals surface area contributed by atoms with Crippen molar-refractivity contribution in [2.75, 3.05) is 0 Å². The Labute approximate surface area is 263 Å². The van der Waals surface area contributed by atoms with E-state index >= 15 is 0 Å². The molecule has 10 N–H and O–H groups in total. The van der Waals surface area contributed by atoms with Gasteiger partial charge in [0, 0.05) is 65.4 Å². The van der Waals surface area contributed by atoms with Crippen molar-refractivity contribution in [2.24, 2.45) is 5.73 Å². The Kier molecular flexibility index (Phi) is 9.79. The second-order valence-corrected chi connectivity index (χ2v) is 11.2. The number of nitrogens with one attached hydrogen (secondary N) is 6. The number of rotatable bonds is 14. The van der Waals surface area contributed by atoms with Gasteiger partial charge in [-0.2, -0.15) is 0 Å². The van der Waals surface area contributed by atoms with E-state index in [1.807, 2.05) is 48.5 Å². The maximum atomic E-state index is 14.0. The number of hydrogen-bond acceptors (Lipinski definition) is 7. The van der Waals surface area contributed by atoms with E-state index in [9.17, 15) is 29.4 Å². The quantitative estimate of drug-likeness (QED) is 0.0845. The van der Waals surface area contributed by atoms with Gasteiger partial charge in [-0.3, -0.25) is 14.4 Å². The number of nitrogens with two attached hydrogens (primary N) is 1. The van der Waals surface area contributed by atoms with E-state index in [2.05, 4.69) is 35.9 Å². The molecular weight excluding hydrogens is 592 g/mol. The molecular formula is C32H36N8O6. The minimum atomic E-state index is -1.61. The largest absolute Gasteiger partial charge is 0.480 e. The van der Waals surface area contributed by atoms with E-state index in [1.165, 1.54) is 13.3 Å². The Balaban J connectivity index is 1.43. The van der Waals surface area contributed by atoms with Crippen LogP contribution in [0.4, 0.5) is 0 Å². The number of fused-ring (bicyclic) bond motifs is 2. The lowest BCUT2D eigenvalue weighted by atomic mass is 10.0. The Morgan fingerprint density at radius 2 is 1.30 bits per heavy atom. The number of aliphatic hydroxyl groups excluding tert-OH is 1. The number of aliphatic carboxylic acids is 1. The fourth-order valence-electron chi connectivity index (χ4n) is 5.38. The summed E-state index contributed by atoms with van der Waals surface area (Å²) >= 11 is 0. The third-order valence-electron chi connectivity index (χ3n) is 7.84. The van der Waals surface area contributed by atoms with Crippen LogP contribution in [0.25, 0.3) is 21.8 Å². The van der Waals surface area contributed by atoms with Crippen LogP contribution in [-0.4, -0.2) is 84.1 Å². The summed E-state index contributed by atoms with van der Waals surface area (Å²) in [7, 11) is 0. The minimum Gasteiger partial charge on any atom is -0.480 e. The number of H-pyrrole nitrogens is 3. The summed E-state index contributed by atoms with van der Waals surface area (Å²) in [5, 5.41) is 29.1. The molecule has 3 amide bonds. The molecule has 0 aliphatic carbocycles. The first kappa shape index (κ1) is 31.9. The van der Waals surface area contributed by atoms with Crippen LogP contribution in [0.1, 0.15) is 23.7 Å². The molecule has 0 bridgehead atoms. The Hall–Kier alpha value is -5.47. The van der Waals surface area contributed by atoms with Crippen LogP contribution in [0, 0.1) is 0 Å². The fourth-order valence-corrected chi connectivity index (χ4v) is 5.38. The van der Waals surface area contributed by atoms with Gasteiger partial charge in [0.15, 0.2) is 6.04 Å². The zero-order valence-electron chi connectivity index (χ0n) is 25.0. The van der Waals surface area contributed by atoms with E-state index in [4.69, 9.17) is 5.73 Å². The molecule has 5 atom stereocenters. The van der Waals surface area contributed by atoms with Crippen molar-refractivity contribution in [3.63, 3.8) is 0 Å². The van der Waals surface area contributed by atoms with E-state index < -0.39 is 54.0 Å². The molecule has 0 spiro atoms. The van der Waals surface area contributed by atoms with E-state index in [0.29, 0.717) is 11.3 Å². The number of hydrogen-bond donors (Lipinski definition) is 9. The molecule has 46 heavy (non-hydrogen) atoms. The molecule has 3 heterocycles. The highest BCUT2D eigenvalue weighted by Gasteiger charge is 2.33. The van der Waals surface area contributed by atoms with Crippen molar-refractivity contribution < 1.29 is 29.4 Å². The lowest BCUT2D eigenvalue weighted by Crippen LogP contribution is -2.59. The molecule has 5 aromatic rings. The number of para-hydroxylation sites is 2. The van der Waals surface area contributed by atoms with Gasteiger partial charge in [-0.15, -0.1) is 0 Å². The van der Waals surface area contributed by atoms with Crippen molar-refractivity contribution in [1.82, 2.24) is 35.9 Å². The van der Waals surface area contributed by atoms with Crippen LogP contribution in [0.5, 0.6) is 0 Å². The van der Waals surface area contributed by atoms with Gasteiger partial charge in [0.2, 0.25) is 17.7 Å². The SMILES string of the molecule is CC(O)C(NC(=O)C(Cc1c[nH]c2ccccc12)NC(=O)C(Cc1c[nH]c2ccccc12)NC(=O)C(N)Cc1cnc[nH]1)C(=O)O. The summed E-state index contributed by atoms with van der Waals surface area (Å²) in [6, 6.07) is 9.85. The molecule has 3 aromatic heterocycles. The molecule has 240 valence electrons. The molecule has 0 radical (unpaired) electrons. The van der Waals surface area contributed by atoms with E-state index in [1.54, 1.807) is 18.6 Å². The van der Waals surface area contributed by atoms with Gasteiger partial charge in [0.25, 0.3) is 0 Å². The zero-order valence-corrected chi connectivity index (χ0v) is 25.0. The number of nitrogens with zero attached hydrogens (tertiary/aromatic N) is 1. The lowest BCUT2D eigenvalue weighted by Gasteiger charge is -2.26. The van der Waals surface area contributed by atoms with Crippen LogP contribution >= 0.6 is 0 Å². The number of aromatic nitrogens is 4. The van der Waals surface area contributed by atoms with Crippen molar-refractivity contribution in [3.8, 4) is 0 Å². The predicted molar refractivity (Wildman–Crippen MR) is 169 cm³/mol. The number of carboxylic acid groups (broad SMARTS) is 1. The normalized spacial score (nSPS) is 14.7. The Morgan fingerprint density at radius 1 is 0.783 bits per heavy atom. The van der Waals surface area contributed by atoms with Crippen LogP contribution in [0.3, 0.4) is 0 Å². The molecule has 0 saturated carbocycles. The van der Waals surface area contributed by atoms with Gasteiger partial charge in [0.1, 0.15) is 12.1 Å². The molecule has 2 aromatic carbocycles. The highest BCUT2D eigenvalue weighted by molar-refractivity contribution is 5.95. The highest BCUT2D eigenvalue weighted by Crippen LogP contribution is 2.21. The number of aliphatic hydroxyl groups is 1. The van der Waals surface area contributed by atoms with E-state index in [0.717, 1.165) is 27.4 Å². The number of benzene rings is 2. The average Bonchev–Trinajstić information content (AvgIpc) is 3.79. The van der Waals surface area contributed by atoms with Crippen molar-refractivity contribution in [2.45, 2.75) is 56.5 Å². The molecule has 5 rings (SSSR count). The lowest BCUT2D eigenvalue weighted by molar-refractivity contribution is -0.145. The maximum absolute atomic E-state index is 14.0. The monoisotopic (exact) mass is 628 g/mol. The van der Waals surface area contributed by atoms with Gasteiger partial charge in [-0.1, -0.05) is 36.4 Å². The standard InChI is InChI=1S/C32H36N8O6/c1-17(41)28(32(45)46)40-31(44)27(11-19-14-36-25-9-5-3-7-22(19)25)39-30(43)26(10-18-13-35-24-8-4-2-6-21(18)24)38-29(42)23(33)12-20-15-34-16-37-20/h2-9,13-17,23,26-28,35-36,41H,10-12,33H2,1H3,(H,34,37)(H,38,42)(H,39,43)(H,40,44)(H,45,46). The van der Waals surface area contributed by atoms with Crippen molar-refractivity contribution in [1.29, 1.82) is 0 Å². The van der Waals surface area contributed by atoms with Crippen molar-refractivity contribution in [3.05, 3.63) is 90.3 Å². The number of aromatic amines is 3. The summed E-state index contributed by atoms with van der Waals surface area (Å²) in [6.07, 6.45) is 5.27. The summed E-state index contributed by atoms with van der Waals surface area (Å²) < 4.78 is 0. The van der Waals surface area contributed by atoms with Crippen LogP contribution in [-0.2, 0) is 38.4 Å². The molecule has 0 saturated heterocycles. The predicted octanol–water partition coefficient (Wildman–Crippen LogP) is 0.647. The first-order valence-corrected chi connectivity index (χ1v) is 14.8. The number of carbonyl (C=O) groups excluding carboxylic acids is 3. The van der Waals surface area contributed by atoms with Crippen LogP contribution in [0.15, 0.2) is 73.4 Å². The van der Waals surface area contributed by atoms with Gasteiger partial charge in [-0.25, -0.2) is 9.78 Å². The summed E-state index contributed by atoms with van der Waals surface area (Å²) in [4.78, 5) is 65.7. The maximum Gasteiger partial charge on any atom is 0.328 e. The molecule has 14 nitrogen and oxygen atoms in total. The molecule has 0 aliphatic heterocycles. The molecule has 0 aliphatic rings. The average molecular weight is 629 g/mol. The van der Waals surface area contributed by atoms with Gasteiger partial charge in [0.05, 0.1) is 18.5 Å². The van der Waals surface area contributed by atoms with E-state index in [-0.39, 0.29) is 19.3 Å². The summed E-state index contributed by atoms with van der Waals surface area (Å²) in [5.74, 6) is -3.53. The van der Waals surface area contributed by atoms with Gasteiger partial charge in [-0.05, 0) is 30.2 Å². The molecule has 5 unspecified atom stereocenters. The highest BCUT2D eigenvalue weighted by atomic mass is 16.4. The summed E-state index contributed by atoms with van der Waals surface area (Å²) in [6.45, 7) is 1.24. The number of carbonyl (C=O) groups is 4. The first-order chi connectivity index (χ1) is 22.1. The second kappa shape index (κ2) is 14.1. The number of carboxylic acids is 1. The smallest absolute Gasteiger partial charge is 0.328 e. The first-order valence-electron chi connectivity index (χ1n) is 14.8. The third kappa shape index (κ3) is 7.42. The minimum absolute atomic E-state index is 0.0131. The Bertz CT molecular complexity index is 1830.